The Hall–Kier alpha value is -3.63. The summed E-state index contributed by atoms with van der Waals surface area (Å²) in [7, 11) is 1.68. The van der Waals surface area contributed by atoms with Crippen LogP contribution in [0, 0.1) is 17.2 Å². The van der Waals surface area contributed by atoms with E-state index in [4.69, 9.17) is 24.5 Å². The van der Waals surface area contributed by atoms with E-state index in [2.05, 4.69) is 46.9 Å². The van der Waals surface area contributed by atoms with Gasteiger partial charge in [0.1, 0.15) is 5.75 Å². The Morgan fingerprint density at radius 3 is 2.78 bits per heavy atom. The van der Waals surface area contributed by atoms with Crippen molar-refractivity contribution in [3.8, 4) is 23.3 Å². The third-order valence-corrected chi connectivity index (χ3v) is 7.02. The normalized spacial score (nSPS) is 16.7. The topological polar surface area (TPSA) is 67.1 Å². The Labute approximate surface area is 216 Å². The van der Waals surface area contributed by atoms with Crippen LogP contribution in [0.3, 0.4) is 0 Å². The fourth-order valence-electron chi connectivity index (χ4n) is 4.03. The number of allylic oxidation sites excluding steroid dienone is 1. The molecule has 0 atom stereocenters. The molecule has 1 saturated carbocycles. The monoisotopic (exact) mass is 499 g/mol. The minimum absolute atomic E-state index is 0.503. The van der Waals surface area contributed by atoms with Gasteiger partial charge in [-0.2, -0.15) is 5.26 Å². The maximum Gasteiger partial charge on any atom is 0.173 e. The zero-order chi connectivity index (χ0) is 24.7. The van der Waals surface area contributed by atoms with Crippen LogP contribution in [0.15, 0.2) is 70.8 Å². The third-order valence-electron chi connectivity index (χ3n) is 6.23. The lowest BCUT2D eigenvalue weighted by atomic mass is 10.0. The molecule has 1 fully saturated rings. The number of ether oxygens (including phenoxy) is 3. The number of aliphatic imine (C=N–C) groups is 1. The second-order valence-corrected chi connectivity index (χ2v) is 9.76. The van der Waals surface area contributed by atoms with Crippen molar-refractivity contribution in [2.45, 2.75) is 25.7 Å². The second kappa shape index (κ2) is 11.4. The van der Waals surface area contributed by atoms with Crippen LogP contribution in [0.5, 0.6) is 17.2 Å². The molecule has 0 amide bonds. The van der Waals surface area contributed by atoms with Crippen LogP contribution in [-0.4, -0.2) is 36.9 Å². The molecule has 7 heteroatoms. The second-order valence-electron chi connectivity index (χ2n) is 8.89. The van der Waals surface area contributed by atoms with Gasteiger partial charge in [0.15, 0.2) is 16.7 Å². The van der Waals surface area contributed by atoms with Crippen molar-refractivity contribution in [1.29, 1.82) is 5.26 Å². The molecule has 5 rings (SSSR count). The zero-order valence-electron chi connectivity index (χ0n) is 20.4. The Kier molecular flexibility index (Phi) is 7.63. The maximum atomic E-state index is 8.69. The molecule has 1 aliphatic carbocycles. The summed E-state index contributed by atoms with van der Waals surface area (Å²) in [4.78, 5) is 7.13. The Morgan fingerprint density at radius 2 is 2.00 bits per heavy atom. The van der Waals surface area contributed by atoms with Crippen molar-refractivity contribution in [1.82, 2.24) is 4.90 Å². The van der Waals surface area contributed by atoms with Crippen LogP contribution in [0.1, 0.15) is 36.8 Å². The lowest BCUT2D eigenvalue weighted by Crippen LogP contribution is -2.25. The highest BCUT2D eigenvalue weighted by molar-refractivity contribution is 8.16. The van der Waals surface area contributed by atoms with Gasteiger partial charge in [-0.1, -0.05) is 36.0 Å². The summed E-state index contributed by atoms with van der Waals surface area (Å²) < 4.78 is 17.5. The number of thioether (sulfide) groups is 1. The highest BCUT2D eigenvalue weighted by Crippen LogP contribution is 2.37. The van der Waals surface area contributed by atoms with Crippen molar-refractivity contribution in [2.75, 3.05) is 26.9 Å². The van der Waals surface area contributed by atoms with E-state index in [9.17, 15) is 0 Å². The fourth-order valence-corrected chi connectivity index (χ4v) is 4.77. The fraction of sp³-hybridized carbons (Fsp3) is 0.310. The van der Waals surface area contributed by atoms with Gasteiger partial charge in [-0.15, -0.1) is 0 Å². The highest BCUT2D eigenvalue weighted by Gasteiger charge is 2.25. The van der Waals surface area contributed by atoms with Crippen LogP contribution >= 0.6 is 11.8 Å². The lowest BCUT2D eigenvalue weighted by Gasteiger charge is -2.25. The average Bonchev–Trinajstić information content (AvgIpc) is 3.63. The van der Waals surface area contributed by atoms with Gasteiger partial charge in [-0.3, -0.25) is 0 Å². The molecule has 0 bridgehead atoms. The lowest BCUT2D eigenvalue weighted by molar-refractivity contribution is 0.280. The van der Waals surface area contributed by atoms with Crippen molar-refractivity contribution in [2.24, 2.45) is 10.9 Å². The molecule has 0 N–H and O–H groups in total. The molecule has 6 nitrogen and oxygen atoms in total. The van der Waals surface area contributed by atoms with E-state index in [1.165, 1.54) is 12.8 Å². The minimum atomic E-state index is 0.503. The maximum absolute atomic E-state index is 8.69. The number of nitriles is 1. The molecule has 2 aromatic carbocycles. The van der Waals surface area contributed by atoms with Gasteiger partial charge in [-0.05, 0) is 66.5 Å². The van der Waals surface area contributed by atoms with Crippen molar-refractivity contribution >= 4 is 28.6 Å². The van der Waals surface area contributed by atoms with Crippen LogP contribution in [-0.2, 0) is 0 Å². The summed E-state index contributed by atoms with van der Waals surface area (Å²) in [5.74, 6) is 2.99. The van der Waals surface area contributed by atoms with Gasteiger partial charge in [0.2, 0.25) is 0 Å². The summed E-state index contributed by atoms with van der Waals surface area (Å²) in [6.07, 6.45) is 9.92. The number of hydrogen-bond donors (Lipinski definition) is 0. The standard InChI is InChI=1S/C29H29N3O3S/c1-33-27-6-4-5-23(28(27)35-20-21-7-8-21)11-14-26-25(19-32-16-18-36-29(32)31-26)22-9-12-24(13-10-22)34-17-3-2-15-30/h4-6,9-14,16,18,21H,2-3,7-8,17,19-20H2,1H3. The molecule has 2 aliphatic heterocycles. The highest BCUT2D eigenvalue weighted by atomic mass is 32.2. The predicted octanol–water partition coefficient (Wildman–Crippen LogP) is 6.48. The minimum Gasteiger partial charge on any atom is -0.494 e. The first-order chi connectivity index (χ1) is 17.7. The number of para-hydroxylation sites is 1. The number of benzene rings is 2. The van der Waals surface area contributed by atoms with Gasteiger partial charge < -0.3 is 19.1 Å². The average molecular weight is 500 g/mol. The van der Waals surface area contributed by atoms with Crippen molar-refractivity contribution in [3.05, 3.63) is 77.0 Å². The quantitative estimate of drug-likeness (QED) is 0.330. The van der Waals surface area contributed by atoms with Crippen LogP contribution < -0.4 is 14.2 Å². The van der Waals surface area contributed by atoms with E-state index < -0.39 is 0 Å². The van der Waals surface area contributed by atoms with Crippen LogP contribution in [0.2, 0.25) is 0 Å². The number of rotatable bonds is 11. The molecule has 36 heavy (non-hydrogen) atoms. The third kappa shape index (κ3) is 5.77. The molecule has 2 heterocycles. The first-order valence-corrected chi connectivity index (χ1v) is 13.1. The summed E-state index contributed by atoms with van der Waals surface area (Å²) >= 11 is 1.63. The number of unbranched alkanes of at least 4 members (excludes halogenated alkanes) is 1. The van der Waals surface area contributed by atoms with E-state index in [0.29, 0.717) is 18.9 Å². The van der Waals surface area contributed by atoms with E-state index in [1.54, 1.807) is 18.9 Å². The molecule has 0 unspecified atom stereocenters. The number of methoxy groups -OCH3 is 1. The Morgan fingerprint density at radius 1 is 1.14 bits per heavy atom. The van der Waals surface area contributed by atoms with Gasteiger partial charge in [-0.25, -0.2) is 4.99 Å². The van der Waals surface area contributed by atoms with E-state index in [0.717, 1.165) is 64.4 Å². The molecule has 0 radical (unpaired) electrons. The van der Waals surface area contributed by atoms with Crippen molar-refractivity contribution < 1.29 is 14.2 Å². The number of hydrogen-bond acceptors (Lipinski definition) is 7. The van der Waals surface area contributed by atoms with Gasteiger partial charge >= 0.3 is 0 Å². The molecular formula is C29H29N3O3S. The number of nitrogens with zero attached hydrogens (tertiary/aromatic N) is 3. The van der Waals surface area contributed by atoms with E-state index in [-0.39, 0.29) is 0 Å². The summed E-state index contributed by atoms with van der Waals surface area (Å²) in [6, 6.07) is 16.2. The first kappa shape index (κ1) is 24.1. The van der Waals surface area contributed by atoms with E-state index in [1.807, 2.05) is 30.3 Å². The molecule has 2 aromatic rings. The van der Waals surface area contributed by atoms with Crippen LogP contribution in [0.4, 0.5) is 0 Å². The van der Waals surface area contributed by atoms with Gasteiger partial charge in [0.05, 0.1) is 38.6 Å². The zero-order valence-corrected chi connectivity index (χ0v) is 21.2. The molecule has 184 valence electrons. The number of amidine groups is 1. The summed E-state index contributed by atoms with van der Waals surface area (Å²) in [5.41, 5.74) is 4.14. The Bertz CT molecular complexity index is 1250. The largest absolute Gasteiger partial charge is 0.494 e. The van der Waals surface area contributed by atoms with E-state index >= 15 is 0 Å². The number of fused-ring (bicyclic) bond motifs is 1. The Balaban J connectivity index is 1.42. The van der Waals surface area contributed by atoms with Crippen molar-refractivity contribution in [3.63, 3.8) is 0 Å². The van der Waals surface area contributed by atoms with Crippen LogP contribution in [0.25, 0.3) is 11.6 Å². The molecular weight excluding hydrogens is 470 g/mol. The summed E-state index contributed by atoms with van der Waals surface area (Å²) in [6.45, 7) is 2.01. The molecule has 0 saturated heterocycles. The molecule has 3 aliphatic rings. The van der Waals surface area contributed by atoms with Gasteiger partial charge in [0, 0.05) is 23.8 Å². The summed E-state index contributed by atoms with van der Waals surface area (Å²) in [5, 5.41) is 11.7. The predicted molar refractivity (Wildman–Crippen MR) is 145 cm³/mol. The van der Waals surface area contributed by atoms with Gasteiger partial charge in [0.25, 0.3) is 0 Å². The first-order valence-electron chi connectivity index (χ1n) is 12.2. The molecule has 0 spiro atoms. The smallest absolute Gasteiger partial charge is 0.173 e. The molecule has 0 aromatic heterocycles. The SMILES string of the molecule is COc1cccc(C=CC2=C(c3ccc(OCCCC#N)cc3)CN3C=CSC3=N2)c1OCC1CC1.